The van der Waals surface area contributed by atoms with Gasteiger partial charge in [-0.05, 0) is 49.6 Å². The monoisotopic (exact) mass is 410 g/mol. The molecular weight excluding hydrogens is 394 g/mol. The van der Waals surface area contributed by atoms with Gasteiger partial charge in [-0.1, -0.05) is 6.42 Å². The Labute approximate surface area is 169 Å². The molecule has 2 aromatic carbocycles. The first-order valence-corrected chi connectivity index (χ1v) is 9.47. The molecule has 1 spiro atoms. The average Bonchev–Trinajstić information content (AvgIpc) is 3.17. The fraction of sp³-hybridized carbons (Fsp3) is 0.238. The van der Waals surface area contributed by atoms with Gasteiger partial charge in [0.1, 0.15) is 17.2 Å². The molecule has 1 aliphatic carbocycles. The van der Waals surface area contributed by atoms with Crippen molar-refractivity contribution < 1.29 is 18.5 Å². The second kappa shape index (κ2) is 6.19. The Morgan fingerprint density at radius 1 is 1.20 bits per heavy atom. The van der Waals surface area contributed by atoms with Crippen LogP contribution in [-0.2, 0) is 10.2 Å². The van der Waals surface area contributed by atoms with Gasteiger partial charge in [-0.15, -0.1) is 0 Å². The number of benzene rings is 2. The minimum atomic E-state index is -0.803. The molecule has 2 heterocycles. The molecule has 5 rings (SSSR count). The summed E-state index contributed by atoms with van der Waals surface area (Å²) in [6.07, 6.45) is 2.11. The number of carbonyl (C=O) groups is 1. The zero-order valence-electron chi connectivity index (χ0n) is 15.9. The van der Waals surface area contributed by atoms with Gasteiger partial charge in [-0.3, -0.25) is 14.9 Å². The molecule has 0 radical (unpaired) electrons. The normalized spacial score (nSPS) is 16.3. The van der Waals surface area contributed by atoms with Crippen LogP contribution in [0, 0.1) is 28.7 Å². The summed E-state index contributed by atoms with van der Waals surface area (Å²) in [5, 5.41) is 18.7. The predicted molar refractivity (Wildman–Crippen MR) is 104 cm³/mol. The molecule has 3 aromatic rings. The van der Waals surface area contributed by atoms with E-state index in [9.17, 15) is 23.7 Å². The van der Waals surface area contributed by atoms with Crippen LogP contribution in [0.4, 0.5) is 20.2 Å². The Morgan fingerprint density at radius 3 is 2.60 bits per heavy atom. The number of carbonyl (C=O) groups excluding carboxylic acids is 1. The van der Waals surface area contributed by atoms with Gasteiger partial charge in [-0.25, -0.2) is 13.5 Å². The van der Waals surface area contributed by atoms with E-state index in [-0.39, 0.29) is 23.0 Å². The highest BCUT2D eigenvalue weighted by atomic mass is 19.1. The third kappa shape index (κ3) is 2.47. The summed E-state index contributed by atoms with van der Waals surface area (Å²) in [5.41, 5.74) is 1.28. The number of amides is 1. The van der Waals surface area contributed by atoms with Crippen LogP contribution in [-0.4, -0.2) is 20.6 Å². The number of nitrogens with zero attached hydrogens (tertiary/aromatic N) is 3. The van der Waals surface area contributed by atoms with E-state index in [4.69, 9.17) is 0 Å². The quantitative estimate of drug-likeness (QED) is 0.512. The zero-order valence-corrected chi connectivity index (χ0v) is 15.9. The molecule has 0 bridgehead atoms. The molecule has 1 aliphatic heterocycles. The SMILES string of the molecule is Cc1cc(-c2cc([N+](=O)[O-])c3c(c2)C2(CCC2)C(=O)N3)n(-c2ccc(F)cc2F)n1. The van der Waals surface area contributed by atoms with Crippen molar-refractivity contribution in [3.8, 4) is 16.9 Å². The highest BCUT2D eigenvalue weighted by Crippen LogP contribution is 2.54. The first-order chi connectivity index (χ1) is 14.3. The number of aryl methyl sites for hydroxylation is 1. The van der Waals surface area contributed by atoms with Crippen molar-refractivity contribution in [3.63, 3.8) is 0 Å². The van der Waals surface area contributed by atoms with Gasteiger partial charge in [0.2, 0.25) is 5.91 Å². The number of nitro benzene ring substituents is 1. The van der Waals surface area contributed by atoms with Crippen molar-refractivity contribution in [2.45, 2.75) is 31.6 Å². The molecule has 1 aromatic heterocycles. The molecular formula is C21H16F2N4O3. The highest BCUT2D eigenvalue weighted by molar-refractivity contribution is 6.09. The standard InChI is InChI=1S/C21H16F2N4O3/c1-11-7-17(26(25-11)16-4-3-13(22)10-15(16)23)12-8-14-19(18(9-12)27(29)30)24-20(28)21(14)5-2-6-21/h3-4,7-10H,2,5-6H2,1H3,(H,24,28). The van der Waals surface area contributed by atoms with Crippen LogP contribution in [0.25, 0.3) is 16.9 Å². The molecule has 1 saturated carbocycles. The van der Waals surface area contributed by atoms with Gasteiger partial charge in [0.15, 0.2) is 5.82 Å². The van der Waals surface area contributed by atoms with E-state index in [2.05, 4.69) is 10.4 Å². The van der Waals surface area contributed by atoms with E-state index in [0.717, 1.165) is 18.6 Å². The maximum atomic E-state index is 14.4. The lowest BCUT2D eigenvalue weighted by atomic mass is 9.65. The van der Waals surface area contributed by atoms with E-state index >= 15 is 0 Å². The van der Waals surface area contributed by atoms with Crippen molar-refractivity contribution in [1.29, 1.82) is 0 Å². The van der Waals surface area contributed by atoms with E-state index < -0.39 is 22.0 Å². The minimum absolute atomic E-state index is 0.0233. The van der Waals surface area contributed by atoms with Crippen LogP contribution < -0.4 is 5.32 Å². The smallest absolute Gasteiger partial charge is 0.293 e. The fourth-order valence-electron chi connectivity index (χ4n) is 4.35. The second-order valence-corrected chi connectivity index (χ2v) is 7.74. The predicted octanol–water partition coefficient (Wildman–Crippen LogP) is 4.41. The average molecular weight is 410 g/mol. The third-order valence-corrected chi connectivity index (χ3v) is 5.98. The maximum Gasteiger partial charge on any atom is 0.293 e. The fourth-order valence-corrected chi connectivity index (χ4v) is 4.35. The first kappa shape index (κ1) is 18.4. The first-order valence-electron chi connectivity index (χ1n) is 9.47. The number of aromatic nitrogens is 2. The van der Waals surface area contributed by atoms with E-state index in [1.54, 1.807) is 19.1 Å². The number of hydrogen-bond acceptors (Lipinski definition) is 4. The summed E-state index contributed by atoms with van der Waals surface area (Å²) in [5.74, 6) is -1.74. The van der Waals surface area contributed by atoms with Crippen molar-refractivity contribution in [3.05, 3.63) is 69.4 Å². The summed E-state index contributed by atoms with van der Waals surface area (Å²) >= 11 is 0. The molecule has 2 aliphatic rings. The highest BCUT2D eigenvalue weighted by Gasteiger charge is 2.53. The van der Waals surface area contributed by atoms with Gasteiger partial charge < -0.3 is 5.32 Å². The number of anilines is 1. The Kier molecular flexibility index (Phi) is 3.80. The second-order valence-electron chi connectivity index (χ2n) is 7.74. The molecule has 30 heavy (non-hydrogen) atoms. The number of rotatable bonds is 3. The van der Waals surface area contributed by atoms with Gasteiger partial charge in [0.05, 0.1) is 21.7 Å². The number of nitrogens with one attached hydrogen (secondary N) is 1. The van der Waals surface area contributed by atoms with Crippen LogP contribution in [0.2, 0.25) is 0 Å². The number of hydrogen-bond donors (Lipinski definition) is 1. The Bertz CT molecular complexity index is 1250. The molecule has 0 saturated heterocycles. The Hall–Kier alpha value is -3.62. The van der Waals surface area contributed by atoms with Gasteiger partial charge in [0, 0.05) is 17.7 Å². The largest absolute Gasteiger partial charge is 0.319 e. The van der Waals surface area contributed by atoms with Crippen molar-refractivity contribution in [2.75, 3.05) is 5.32 Å². The topological polar surface area (TPSA) is 90.1 Å². The molecule has 152 valence electrons. The number of halogens is 2. The van der Waals surface area contributed by atoms with Crippen molar-refractivity contribution in [2.24, 2.45) is 0 Å². The van der Waals surface area contributed by atoms with Crippen LogP contribution >= 0.6 is 0 Å². The van der Waals surface area contributed by atoms with Gasteiger partial charge in [-0.2, -0.15) is 5.10 Å². The van der Waals surface area contributed by atoms with E-state index in [1.807, 2.05) is 0 Å². The zero-order chi connectivity index (χ0) is 21.2. The lowest BCUT2D eigenvalue weighted by Crippen LogP contribution is -2.40. The minimum Gasteiger partial charge on any atom is -0.319 e. The van der Waals surface area contributed by atoms with Crippen LogP contribution in [0.1, 0.15) is 30.5 Å². The Balaban J connectivity index is 1.75. The molecule has 1 fully saturated rings. The molecule has 0 unspecified atom stereocenters. The van der Waals surface area contributed by atoms with Crippen LogP contribution in [0.5, 0.6) is 0 Å². The molecule has 9 heteroatoms. The van der Waals surface area contributed by atoms with E-state index in [0.29, 0.717) is 35.4 Å². The maximum absolute atomic E-state index is 14.4. The van der Waals surface area contributed by atoms with E-state index in [1.165, 1.54) is 16.8 Å². The van der Waals surface area contributed by atoms with Gasteiger partial charge >= 0.3 is 0 Å². The van der Waals surface area contributed by atoms with Gasteiger partial charge in [0.25, 0.3) is 5.69 Å². The third-order valence-electron chi connectivity index (χ3n) is 5.98. The van der Waals surface area contributed by atoms with Crippen molar-refractivity contribution in [1.82, 2.24) is 9.78 Å². The lowest BCUT2D eigenvalue weighted by molar-refractivity contribution is -0.383. The molecule has 0 atom stereocenters. The van der Waals surface area contributed by atoms with Crippen LogP contribution in [0.3, 0.4) is 0 Å². The number of nitro groups is 1. The van der Waals surface area contributed by atoms with Crippen molar-refractivity contribution >= 4 is 17.3 Å². The molecule has 7 nitrogen and oxygen atoms in total. The summed E-state index contributed by atoms with van der Waals surface area (Å²) in [4.78, 5) is 23.8. The molecule has 1 N–H and O–H groups in total. The van der Waals surface area contributed by atoms with Crippen LogP contribution in [0.15, 0.2) is 36.4 Å². The summed E-state index contributed by atoms with van der Waals surface area (Å²) < 4.78 is 29.1. The summed E-state index contributed by atoms with van der Waals surface area (Å²) in [6.45, 7) is 1.71. The molecule has 1 amide bonds. The number of fused-ring (bicyclic) bond motifs is 2. The summed E-state index contributed by atoms with van der Waals surface area (Å²) in [7, 11) is 0. The summed E-state index contributed by atoms with van der Waals surface area (Å²) in [6, 6.07) is 7.91. The Morgan fingerprint density at radius 2 is 1.97 bits per heavy atom. The lowest BCUT2D eigenvalue weighted by Gasteiger charge is -2.36.